The molecular formula is C38H61ClN2O7S. The van der Waals surface area contributed by atoms with Gasteiger partial charge in [-0.15, -0.1) is 23.4 Å². The summed E-state index contributed by atoms with van der Waals surface area (Å²) in [5.74, 6) is -0.563. The Balaban J connectivity index is 0.000000348. The number of carboxylic acids is 1. The van der Waals surface area contributed by atoms with Crippen LogP contribution in [0.2, 0.25) is 0 Å². The minimum atomic E-state index is -1.36. The molecule has 11 heteroatoms. The molecule has 9 atom stereocenters. The maximum Gasteiger partial charge on any atom is 0.328 e. The number of nitrogens with one attached hydrogen (secondary N) is 1. The van der Waals surface area contributed by atoms with Crippen molar-refractivity contribution in [2.75, 3.05) is 19.8 Å². The number of carbonyl (C=O) groups is 2. The van der Waals surface area contributed by atoms with E-state index in [0.717, 1.165) is 37.0 Å². The fourth-order valence-corrected chi connectivity index (χ4v) is 7.87. The molecule has 0 radical (unpaired) electrons. The van der Waals surface area contributed by atoms with E-state index >= 15 is 0 Å². The van der Waals surface area contributed by atoms with E-state index in [4.69, 9.17) is 21.4 Å². The van der Waals surface area contributed by atoms with Crippen LogP contribution in [0.4, 0.5) is 0 Å². The van der Waals surface area contributed by atoms with E-state index in [9.17, 15) is 24.9 Å². The van der Waals surface area contributed by atoms with E-state index < -0.39 is 47.2 Å². The summed E-state index contributed by atoms with van der Waals surface area (Å²) in [6.07, 6.45) is 14.9. The van der Waals surface area contributed by atoms with Gasteiger partial charge in [-0.2, -0.15) is 0 Å². The third-order valence-electron chi connectivity index (χ3n) is 9.76. The molecule has 0 spiro atoms. The number of aliphatic hydroxyl groups excluding tert-OH is 3. The number of hydrogen-bond acceptors (Lipinski definition) is 8. The topological polar surface area (TPSA) is 140 Å². The molecule has 1 aliphatic carbocycles. The lowest BCUT2D eigenvalue weighted by molar-refractivity contribution is -0.205. The molecule has 2 fully saturated rings. The Hall–Kier alpha value is -1.92. The number of rotatable bonds is 12. The van der Waals surface area contributed by atoms with Crippen molar-refractivity contribution in [2.24, 2.45) is 11.3 Å². The number of nitrogens with zero attached hydrogens (tertiary/aromatic N) is 1. The highest BCUT2D eigenvalue weighted by atomic mass is 35.5. The highest BCUT2D eigenvalue weighted by Gasteiger charge is 2.48. The quantitative estimate of drug-likeness (QED) is 0.0933. The number of halogens is 1. The van der Waals surface area contributed by atoms with Crippen LogP contribution in [0.3, 0.4) is 0 Å². The van der Waals surface area contributed by atoms with Crippen molar-refractivity contribution in [1.29, 1.82) is 0 Å². The van der Waals surface area contributed by atoms with Crippen LogP contribution >= 0.6 is 23.4 Å². The molecule has 9 nitrogen and oxygen atoms in total. The summed E-state index contributed by atoms with van der Waals surface area (Å²) in [5.41, 5.74) is 4.39. The van der Waals surface area contributed by atoms with Crippen LogP contribution in [-0.4, -0.2) is 104 Å². The van der Waals surface area contributed by atoms with Gasteiger partial charge < -0.3 is 30.5 Å². The predicted molar refractivity (Wildman–Crippen MR) is 201 cm³/mol. The maximum absolute atomic E-state index is 12.9. The second kappa shape index (κ2) is 20.2. The number of likely N-dealkylation sites (tertiary alicyclic amines) is 1. The smallest absolute Gasteiger partial charge is 0.328 e. The molecule has 278 valence electrons. The molecule has 3 rings (SSSR count). The van der Waals surface area contributed by atoms with Gasteiger partial charge in [0.05, 0.1) is 17.5 Å². The van der Waals surface area contributed by atoms with Gasteiger partial charge in [-0.1, -0.05) is 68.7 Å². The third-order valence-corrected chi connectivity index (χ3v) is 10.9. The molecule has 2 heterocycles. The zero-order valence-electron chi connectivity index (χ0n) is 30.9. The van der Waals surface area contributed by atoms with Crippen molar-refractivity contribution in [2.45, 2.75) is 134 Å². The second-order valence-electron chi connectivity index (χ2n) is 14.5. The summed E-state index contributed by atoms with van der Waals surface area (Å²) in [6.45, 7) is 15.4. The molecule has 0 saturated carbocycles. The molecular weight excluding hydrogens is 664 g/mol. The largest absolute Gasteiger partial charge is 0.478 e. The number of thioether (sulfide) groups is 1. The van der Waals surface area contributed by atoms with E-state index in [2.05, 4.69) is 52.1 Å². The fraction of sp³-hybridized carbons (Fsp3) is 0.684. The first kappa shape index (κ1) is 43.2. The molecule has 5 N–H and O–H groups in total. The average Bonchev–Trinajstić information content (AvgIpc) is 3.38. The van der Waals surface area contributed by atoms with Crippen molar-refractivity contribution >= 4 is 35.2 Å². The first-order valence-corrected chi connectivity index (χ1v) is 19.2. The van der Waals surface area contributed by atoms with Crippen molar-refractivity contribution in [3.63, 3.8) is 0 Å². The number of hydrogen-bond donors (Lipinski definition) is 5. The lowest BCUT2D eigenvalue weighted by Gasteiger charge is -2.44. The average molecular weight is 725 g/mol. The third kappa shape index (κ3) is 13.0. The summed E-state index contributed by atoms with van der Waals surface area (Å²) >= 11 is 7.55. The standard InChI is InChI=1S/C20H28O2.C18H33ClN2O5S/c1-15(8-6-9-16(2)14-19(21)22)11-12-18-17(3)10-7-13-20(18,4)5;1-5-6-10-7-11(21(3)8-10)17(25)20-12(9(2)19)16-14(23)13(22)15(24)18(26-16)27-4/h6,8-9,11-12,14H,7,10,13H2,1-5H3,(H,21,22);9-16,18,22-24H,5-8H2,1-4H3,(H,20,25)/b9-6+,12-11+,15-8+,16-14+;/t;9-,10+,11-,12+,13-,14+,15+,16+,18+/m.0/s1. The van der Waals surface area contributed by atoms with Gasteiger partial charge in [-0.3, -0.25) is 9.69 Å². The van der Waals surface area contributed by atoms with Gasteiger partial charge in [0.25, 0.3) is 0 Å². The van der Waals surface area contributed by atoms with Gasteiger partial charge in [0.15, 0.2) is 0 Å². The Morgan fingerprint density at radius 2 is 1.82 bits per heavy atom. The zero-order valence-corrected chi connectivity index (χ0v) is 32.4. The van der Waals surface area contributed by atoms with Crippen LogP contribution in [0, 0.1) is 11.3 Å². The summed E-state index contributed by atoms with van der Waals surface area (Å²) in [5, 5.41) is 41.7. The van der Waals surface area contributed by atoms with Crippen LogP contribution in [0.1, 0.15) is 87.0 Å². The van der Waals surface area contributed by atoms with Crippen molar-refractivity contribution in [3.05, 3.63) is 58.7 Å². The number of aliphatic carboxylic acids is 1. The van der Waals surface area contributed by atoms with Crippen LogP contribution in [0.5, 0.6) is 0 Å². The molecule has 49 heavy (non-hydrogen) atoms. The lowest BCUT2D eigenvalue weighted by atomic mass is 9.72. The molecule has 0 aromatic heterocycles. The summed E-state index contributed by atoms with van der Waals surface area (Å²) in [4.78, 5) is 25.5. The fourth-order valence-electron chi connectivity index (χ4n) is 6.99. The van der Waals surface area contributed by atoms with Gasteiger partial charge in [0, 0.05) is 12.6 Å². The summed E-state index contributed by atoms with van der Waals surface area (Å²) in [7, 11) is 1.94. The van der Waals surface area contributed by atoms with E-state index in [1.807, 2.05) is 24.1 Å². The van der Waals surface area contributed by atoms with Crippen LogP contribution in [-0.2, 0) is 14.3 Å². The van der Waals surface area contributed by atoms with E-state index in [0.29, 0.717) is 5.92 Å². The summed E-state index contributed by atoms with van der Waals surface area (Å²) < 4.78 is 5.79. The van der Waals surface area contributed by atoms with E-state index in [-0.39, 0.29) is 17.4 Å². The first-order valence-electron chi connectivity index (χ1n) is 17.4. The number of likely N-dealkylation sites (N-methyl/N-ethyl adjacent to an activating group) is 1. The molecule has 1 amide bonds. The zero-order chi connectivity index (χ0) is 37.1. The van der Waals surface area contributed by atoms with Gasteiger partial charge >= 0.3 is 5.97 Å². The Morgan fingerprint density at radius 1 is 1.14 bits per heavy atom. The number of alkyl halides is 1. The Bertz CT molecular complexity index is 1260. The highest BCUT2D eigenvalue weighted by molar-refractivity contribution is 7.99. The molecule has 0 unspecified atom stereocenters. The summed E-state index contributed by atoms with van der Waals surface area (Å²) in [6, 6.07) is -0.934. The van der Waals surface area contributed by atoms with Crippen LogP contribution in [0.25, 0.3) is 0 Å². The lowest BCUT2D eigenvalue weighted by Crippen LogP contribution is -2.65. The second-order valence-corrected chi connectivity index (χ2v) is 16.1. The van der Waals surface area contributed by atoms with Crippen LogP contribution in [0.15, 0.2) is 58.7 Å². The number of aliphatic hydroxyl groups is 3. The number of carbonyl (C=O) groups excluding carboxylic acids is 1. The van der Waals surface area contributed by atoms with E-state index in [1.54, 1.807) is 26.2 Å². The van der Waals surface area contributed by atoms with Crippen LogP contribution < -0.4 is 5.32 Å². The number of carboxylic acid groups (broad SMARTS) is 1. The van der Waals surface area contributed by atoms with E-state index in [1.165, 1.54) is 48.2 Å². The Kier molecular flexibility index (Phi) is 17.8. The van der Waals surface area contributed by atoms with Gasteiger partial charge in [-0.05, 0) is 95.6 Å². The predicted octanol–water partition coefficient (Wildman–Crippen LogP) is 5.99. The minimum Gasteiger partial charge on any atom is -0.478 e. The molecule has 2 saturated heterocycles. The van der Waals surface area contributed by atoms with Gasteiger partial charge in [0.2, 0.25) is 5.91 Å². The first-order chi connectivity index (χ1) is 22.9. The monoisotopic (exact) mass is 724 g/mol. The Morgan fingerprint density at radius 3 is 2.39 bits per heavy atom. The van der Waals surface area contributed by atoms with Crippen molar-refractivity contribution in [1.82, 2.24) is 10.2 Å². The minimum absolute atomic E-state index is 0.147. The van der Waals surface area contributed by atoms with Crippen molar-refractivity contribution in [3.8, 4) is 0 Å². The highest BCUT2D eigenvalue weighted by Crippen LogP contribution is 2.41. The molecule has 2 aliphatic heterocycles. The Labute approximate surface area is 303 Å². The number of allylic oxidation sites excluding steroid dienone is 9. The van der Waals surface area contributed by atoms with Gasteiger partial charge in [0.1, 0.15) is 29.9 Å². The maximum atomic E-state index is 12.9. The number of amides is 1. The number of ether oxygens (including phenoxy) is 1. The molecule has 0 aromatic carbocycles. The molecule has 0 bridgehead atoms. The van der Waals surface area contributed by atoms with Gasteiger partial charge in [-0.25, -0.2) is 4.79 Å². The van der Waals surface area contributed by atoms with Crippen molar-refractivity contribution < 1.29 is 34.8 Å². The normalized spacial score (nSPS) is 31.1. The molecule has 0 aromatic rings. The SMILES string of the molecule is CC1=C(/C=C/C(C)=C/C=C/C(C)=C/C(=O)O)C(C)(C)CCC1.CCC[C@@H]1C[C@@H](C(=O)N[C@@H]([C@H]2O[C@H](SC)[C@H](O)[C@@H](O)[C@H]2O)[C@H](C)Cl)N(C)C1. The molecule has 3 aliphatic rings.